The largest absolute Gasteiger partial charge is 0.497 e. The Hall–Kier alpha value is -1.10. The van der Waals surface area contributed by atoms with E-state index >= 15 is 0 Å². The van der Waals surface area contributed by atoms with Crippen molar-refractivity contribution < 1.29 is 9.84 Å². The van der Waals surface area contributed by atoms with Crippen molar-refractivity contribution in [2.45, 2.75) is 44.9 Å². The monoisotopic (exact) mass is 280 g/mol. The van der Waals surface area contributed by atoms with Gasteiger partial charge in [0.2, 0.25) is 0 Å². The third kappa shape index (κ3) is 4.78. The normalized spacial score (nSPS) is 15.2. The van der Waals surface area contributed by atoms with Gasteiger partial charge in [-0.3, -0.25) is 4.90 Å². The van der Waals surface area contributed by atoms with Gasteiger partial charge in [0.25, 0.3) is 0 Å². The lowest BCUT2D eigenvalue weighted by atomic mass is 9.95. The van der Waals surface area contributed by atoms with E-state index in [1.807, 2.05) is 39.1 Å². The molecule has 4 nitrogen and oxygen atoms in total. The highest BCUT2D eigenvalue weighted by molar-refractivity contribution is 5.31. The van der Waals surface area contributed by atoms with Gasteiger partial charge < -0.3 is 15.6 Å². The summed E-state index contributed by atoms with van der Waals surface area (Å²) in [5, 5.41) is 10.0. The number of ether oxygens (including phenoxy) is 1. The number of hydrogen-bond donors (Lipinski definition) is 2. The van der Waals surface area contributed by atoms with Gasteiger partial charge in [0.1, 0.15) is 5.75 Å². The molecule has 0 amide bonds. The van der Waals surface area contributed by atoms with Crippen LogP contribution in [-0.4, -0.2) is 42.4 Å². The molecule has 1 rings (SSSR count). The molecule has 1 aromatic rings. The molecular formula is C16H28N2O2. The molecule has 2 atom stereocenters. The second-order valence-corrected chi connectivity index (χ2v) is 6.02. The molecule has 0 aliphatic carbocycles. The fraction of sp³-hybridized carbons (Fsp3) is 0.625. The summed E-state index contributed by atoms with van der Waals surface area (Å²) in [7, 11) is 3.66. The first-order chi connectivity index (χ1) is 9.28. The van der Waals surface area contributed by atoms with Gasteiger partial charge in [0.05, 0.1) is 12.7 Å². The average molecular weight is 280 g/mol. The number of nitrogens with zero attached hydrogens (tertiary/aromatic N) is 1. The van der Waals surface area contributed by atoms with Crippen LogP contribution in [0.15, 0.2) is 24.3 Å². The number of likely N-dealkylation sites (N-methyl/N-ethyl adjacent to an activating group) is 1. The molecule has 0 aromatic heterocycles. The number of hydrogen-bond acceptors (Lipinski definition) is 4. The maximum absolute atomic E-state index is 10.0. The predicted octanol–water partition coefficient (Wildman–Crippen LogP) is 2.18. The quantitative estimate of drug-likeness (QED) is 0.803. The number of rotatable bonds is 7. The van der Waals surface area contributed by atoms with Crippen LogP contribution >= 0.6 is 0 Å². The van der Waals surface area contributed by atoms with Crippen LogP contribution in [0.1, 0.15) is 38.8 Å². The van der Waals surface area contributed by atoms with Gasteiger partial charge >= 0.3 is 0 Å². The predicted molar refractivity (Wildman–Crippen MR) is 82.9 cm³/mol. The fourth-order valence-electron chi connectivity index (χ4n) is 2.59. The zero-order valence-corrected chi connectivity index (χ0v) is 13.3. The SMILES string of the molecule is CCC(N)C(c1cccc(OC)c1)N(C)CC(C)(C)O. The summed E-state index contributed by atoms with van der Waals surface area (Å²) in [4.78, 5) is 2.11. The molecule has 20 heavy (non-hydrogen) atoms. The highest BCUT2D eigenvalue weighted by Crippen LogP contribution is 2.27. The first-order valence-electron chi connectivity index (χ1n) is 7.10. The van der Waals surface area contributed by atoms with Crippen LogP contribution < -0.4 is 10.5 Å². The summed E-state index contributed by atoms with van der Waals surface area (Å²) in [6, 6.07) is 8.04. The summed E-state index contributed by atoms with van der Waals surface area (Å²) in [5.41, 5.74) is 6.66. The van der Waals surface area contributed by atoms with Gasteiger partial charge in [-0.2, -0.15) is 0 Å². The van der Waals surface area contributed by atoms with Crippen molar-refractivity contribution in [1.29, 1.82) is 0 Å². The van der Waals surface area contributed by atoms with Crippen LogP contribution in [0.2, 0.25) is 0 Å². The van der Waals surface area contributed by atoms with Crippen molar-refractivity contribution in [3.05, 3.63) is 29.8 Å². The average Bonchev–Trinajstić information content (AvgIpc) is 2.36. The molecule has 4 heteroatoms. The molecule has 0 saturated heterocycles. The lowest BCUT2D eigenvalue weighted by Crippen LogP contribution is -2.44. The van der Waals surface area contributed by atoms with E-state index in [-0.39, 0.29) is 12.1 Å². The molecular weight excluding hydrogens is 252 g/mol. The molecule has 0 bridgehead atoms. The number of benzene rings is 1. The van der Waals surface area contributed by atoms with E-state index in [4.69, 9.17) is 10.5 Å². The Kier molecular flexibility index (Phi) is 5.99. The molecule has 0 radical (unpaired) electrons. The lowest BCUT2D eigenvalue weighted by molar-refractivity contribution is 0.0266. The molecule has 0 aliphatic rings. The number of aliphatic hydroxyl groups is 1. The molecule has 0 saturated carbocycles. The van der Waals surface area contributed by atoms with Gasteiger partial charge in [0.15, 0.2) is 0 Å². The van der Waals surface area contributed by atoms with Gasteiger partial charge in [-0.1, -0.05) is 19.1 Å². The zero-order chi connectivity index (χ0) is 15.3. The molecule has 0 spiro atoms. The van der Waals surface area contributed by atoms with Gasteiger partial charge in [0, 0.05) is 18.6 Å². The minimum absolute atomic E-state index is 0.00876. The standard InChI is InChI=1S/C16H28N2O2/c1-6-14(17)15(18(4)11-16(2,3)19)12-8-7-9-13(10-12)20-5/h7-10,14-15,19H,6,11,17H2,1-5H3. The molecule has 0 fully saturated rings. The van der Waals surface area contributed by atoms with Crippen molar-refractivity contribution in [1.82, 2.24) is 4.90 Å². The van der Waals surface area contributed by atoms with E-state index in [9.17, 15) is 5.11 Å². The summed E-state index contributed by atoms with van der Waals surface area (Å²) in [5.74, 6) is 0.826. The Morgan fingerprint density at radius 1 is 1.40 bits per heavy atom. The Morgan fingerprint density at radius 2 is 2.05 bits per heavy atom. The maximum Gasteiger partial charge on any atom is 0.119 e. The molecule has 0 aliphatic heterocycles. The second-order valence-electron chi connectivity index (χ2n) is 6.02. The molecule has 0 heterocycles. The van der Waals surface area contributed by atoms with E-state index in [2.05, 4.69) is 17.9 Å². The molecule has 114 valence electrons. The third-order valence-electron chi connectivity index (χ3n) is 3.42. The Labute approximate surface area is 122 Å². The van der Waals surface area contributed by atoms with Gasteiger partial charge in [-0.05, 0) is 45.0 Å². The fourth-order valence-corrected chi connectivity index (χ4v) is 2.59. The minimum Gasteiger partial charge on any atom is -0.497 e. The number of nitrogens with two attached hydrogens (primary N) is 1. The molecule has 2 unspecified atom stereocenters. The van der Waals surface area contributed by atoms with E-state index in [0.29, 0.717) is 6.54 Å². The van der Waals surface area contributed by atoms with Crippen LogP contribution in [0.3, 0.4) is 0 Å². The topological polar surface area (TPSA) is 58.7 Å². The number of methoxy groups -OCH3 is 1. The Balaban J connectivity index is 3.05. The van der Waals surface area contributed by atoms with Crippen molar-refractivity contribution in [2.24, 2.45) is 5.73 Å². The van der Waals surface area contributed by atoms with Gasteiger partial charge in [-0.25, -0.2) is 0 Å². The van der Waals surface area contributed by atoms with E-state index in [1.54, 1.807) is 7.11 Å². The van der Waals surface area contributed by atoms with Crippen LogP contribution in [-0.2, 0) is 0 Å². The highest BCUT2D eigenvalue weighted by atomic mass is 16.5. The van der Waals surface area contributed by atoms with Crippen LogP contribution in [0, 0.1) is 0 Å². The zero-order valence-electron chi connectivity index (χ0n) is 13.3. The minimum atomic E-state index is -0.751. The first-order valence-corrected chi connectivity index (χ1v) is 7.10. The molecule has 3 N–H and O–H groups in total. The Bertz CT molecular complexity index is 415. The van der Waals surface area contributed by atoms with Crippen LogP contribution in [0.5, 0.6) is 5.75 Å². The lowest BCUT2D eigenvalue weighted by Gasteiger charge is -2.36. The first kappa shape index (κ1) is 17.0. The second kappa shape index (κ2) is 7.07. The van der Waals surface area contributed by atoms with Crippen molar-refractivity contribution in [3.63, 3.8) is 0 Å². The van der Waals surface area contributed by atoms with Crippen LogP contribution in [0.4, 0.5) is 0 Å². The summed E-state index contributed by atoms with van der Waals surface area (Å²) >= 11 is 0. The van der Waals surface area contributed by atoms with Crippen LogP contribution in [0.25, 0.3) is 0 Å². The van der Waals surface area contributed by atoms with E-state index in [0.717, 1.165) is 17.7 Å². The van der Waals surface area contributed by atoms with E-state index < -0.39 is 5.60 Å². The van der Waals surface area contributed by atoms with Gasteiger partial charge in [-0.15, -0.1) is 0 Å². The molecule has 1 aromatic carbocycles. The van der Waals surface area contributed by atoms with Crippen molar-refractivity contribution in [2.75, 3.05) is 20.7 Å². The summed E-state index contributed by atoms with van der Waals surface area (Å²) in [6.07, 6.45) is 0.873. The van der Waals surface area contributed by atoms with Crippen molar-refractivity contribution >= 4 is 0 Å². The summed E-state index contributed by atoms with van der Waals surface area (Å²) in [6.45, 7) is 6.26. The third-order valence-corrected chi connectivity index (χ3v) is 3.42. The maximum atomic E-state index is 10.0. The summed E-state index contributed by atoms with van der Waals surface area (Å²) < 4.78 is 5.29. The Morgan fingerprint density at radius 3 is 2.55 bits per heavy atom. The highest BCUT2D eigenvalue weighted by Gasteiger charge is 2.27. The smallest absolute Gasteiger partial charge is 0.119 e. The van der Waals surface area contributed by atoms with Crippen molar-refractivity contribution in [3.8, 4) is 5.75 Å². The van der Waals surface area contributed by atoms with E-state index in [1.165, 1.54) is 0 Å².